The summed E-state index contributed by atoms with van der Waals surface area (Å²) in [7, 11) is 0. The van der Waals surface area contributed by atoms with Crippen LogP contribution in [0.5, 0.6) is 0 Å². The highest BCUT2D eigenvalue weighted by Crippen LogP contribution is 2.20. The first-order valence-electron chi connectivity index (χ1n) is 6.16. The molecule has 1 unspecified atom stereocenters. The van der Waals surface area contributed by atoms with Crippen molar-refractivity contribution in [3.8, 4) is 0 Å². The van der Waals surface area contributed by atoms with Crippen LogP contribution in [0.1, 0.15) is 34.1 Å². The van der Waals surface area contributed by atoms with Crippen molar-refractivity contribution in [2.24, 2.45) is 0 Å². The molecule has 0 aliphatic heterocycles. The van der Waals surface area contributed by atoms with Crippen LogP contribution in [0.2, 0.25) is 0 Å². The average Bonchev–Trinajstić information content (AvgIpc) is 2.22. The van der Waals surface area contributed by atoms with Crippen LogP contribution in [0.15, 0.2) is 0 Å². The van der Waals surface area contributed by atoms with Gasteiger partial charge < -0.3 is 15.7 Å². The molecule has 0 rings (SSSR count). The van der Waals surface area contributed by atoms with E-state index in [0.29, 0.717) is 0 Å². The molecule has 0 radical (unpaired) electrons. The molecule has 2 amide bonds. The summed E-state index contributed by atoms with van der Waals surface area (Å²) in [5.74, 6) is -1.73. The van der Waals surface area contributed by atoms with Gasteiger partial charge in [-0.25, -0.2) is 0 Å². The molecule has 1 atom stereocenters. The molecule has 6 nitrogen and oxygen atoms in total. The van der Waals surface area contributed by atoms with Crippen LogP contribution >= 0.6 is 11.8 Å². The van der Waals surface area contributed by atoms with Gasteiger partial charge in [-0.05, 0) is 19.1 Å². The summed E-state index contributed by atoms with van der Waals surface area (Å²) < 4.78 is 0. The maximum absolute atomic E-state index is 11.8. The molecule has 0 aliphatic carbocycles. The maximum Gasteiger partial charge on any atom is 0.305 e. The second-order valence-electron chi connectivity index (χ2n) is 4.71. The van der Waals surface area contributed by atoms with E-state index in [9.17, 15) is 14.4 Å². The highest BCUT2D eigenvalue weighted by molar-refractivity contribution is 8.01. The van der Waals surface area contributed by atoms with E-state index in [1.54, 1.807) is 0 Å². The first-order valence-corrected chi connectivity index (χ1v) is 7.11. The van der Waals surface area contributed by atoms with Crippen molar-refractivity contribution in [3.05, 3.63) is 0 Å². The van der Waals surface area contributed by atoms with Crippen LogP contribution < -0.4 is 10.6 Å². The van der Waals surface area contributed by atoms with Crippen LogP contribution in [0.4, 0.5) is 0 Å². The predicted octanol–water partition coefficient (Wildman–Crippen LogP) is 0.612. The number of rotatable bonds is 8. The molecule has 0 spiro atoms. The molecule has 3 N–H and O–H groups in total. The summed E-state index contributed by atoms with van der Waals surface area (Å²) in [5.41, 5.74) is 0. The first kappa shape index (κ1) is 17.8. The van der Waals surface area contributed by atoms with Crippen molar-refractivity contribution >= 4 is 29.5 Å². The monoisotopic (exact) mass is 290 g/mol. The Balaban J connectivity index is 4.31. The fraction of sp³-hybridized carbons (Fsp3) is 0.750. The van der Waals surface area contributed by atoms with Crippen molar-refractivity contribution in [1.29, 1.82) is 0 Å². The van der Waals surface area contributed by atoms with Gasteiger partial charge in [0.05, 0.1) is 18.2 Å². The number of amides is 2. The van der Waals surface area contributed by atoms with E-state index in [4.69, 9.17) is 5.11 Å². The van der Waals surface area contributed by atoms with Crippen LogP contribution in [-0.2, 0) is 14.4 Å². The van der Waals surface area contributed by atoms with E-state index in [0.717, 1.165) is 0 Å². The Morgan fingerprint density at radius 2 is 1.74 bits per heavy atom. The maximum atomic E-state index is 11.8. The van der Waals surface area contributed by atoms with Crippen LogP contribution in [0, 0.1) is 0 Å². The highest BCUT2D eigenvalue weighted by Gasteiger charge is 2.23. The second kappa shape index (κ2) is 8.79. The Labute approximate surface area is 117 Å². The summed E-state index contributed by atoms with van der Waals surface area (Å²) in [4.78, 5) is 33.9. The Hall–Kier alpha value is -1.24. The van der Waals surface area contributed by atoms with Crippen molar-refractivity contribution in [3.63, 3.8) is 0 Å². The molecule has 0 saturated heterocycles. The van der Waals surface area contributed by atoms with Crippen molar-refractivity contribution in [2.75, 3.05) is 6.54 Å². The van der Waals surface area contributed by atoms with Gasteiger partial charge in [0.1, 0.15) is 0 Å². The number of thioether (sulfide) groups is 1. The zero-order valence-corrected chi connectivity index (χ0v) is 12.5. The van der Waals surface area contributed by atoms with Crippen LogP contribution in [0.3, 0.4) is 0 Å². The third-order valence-corrected chi connectivity index (χ3v) is 3.22. The third kappa shape index (κ3) is 9.35. The van der Waals surface area contributed by atoms with E-state index in [1.165, 1.54) is 11.8 Å². The molecule has 0 heterocycles. The second-order valence-corrected chi connectivity index (χ2v) is 6.50. The van der Waals surface area contributed by atoms with Crippen LogP contribution in [-0.4, -0.2) is 46.0 Å². The lowest BCUT2D eigenvalue weighted by atomic mass is 10.3. The Morgan fingerprint density at radius 3 is 2.16 bits per heavy atom. The Bertz CT molecular complexity index is 332. The van der Waals surface area contributed by atoms with Crippen molar-refractivity contribution in [1.82, 2.24) is 10.6 Å². The summed E-state index contributed by atoms with van der Waals surface area (Å²) in [6.07, 6.45) is -0.250. The number of hydrogen-bond acceptors (Lipinski definition) is 4. The van der Waals surface area contributed by atoms with E-state index in [2.05, 4.69) is 10.6 Å². The van der Waals surface area contributed by atoms with E-state index in [1.807, 2.05) is 27.7 Å². The van der Waals surface area contributed by atoms with Gasteiger partial charge in [-0.15, -0.1) is 11.8 Å². The van der Waals surface area contributed by atoms with Gasteiger partial charge in [0.25, 0.3) is 0 Å². The molecular weight excluding hydrogens is 268 g/mol. The van der Waals surface area contributed by atoms with Crippen LogP contribution in [0.25, 0.3) is 0 Å². The number of nitrogens with one attached hydrogen (secondary N) is 2. The largest absolute Gasteiger partial charge is 0.481 e. The standard InChI is InChI=1S/C12H22N2O4S/c1-7(2)14-10(15)6-13-12(18)9(5-11(16)17)19-8(3)4/h7-9H,5-6H2,1-4H3,(H,13,18)(H,14,15)(H,16,17). The smallest absolute Gasteiger partial charge is 0.305 e. The average molecular weight is 290 g/mol. The zero-order chi connectivity index (χ0) is 15.0. The third-order valence-electron chi connectivity index (χ3n) is 1.96. The van der Waals surface area contributed by atoms with Gasteiger partial charge in [0.15, 0.2) is 0 Å². The van der Waals surface area contributed by atoms with E-state index >= 15 is 0 Å². The number of carboxylic acids is 1. The molecule has 110 valence electrons. The minimum Gasteiger partial charge on any atom is -0.481 e. The molecule has 0 aromatic carbocycles. The number of hydrogen-bond donors (Lipinski definition) is 3. The van der Waals surface area contributed by atoms with E-state index in [-0.39, 0.29) is 30.2 Å². The summed E-state index contributed by atoms with van der Waals surface area (Å²) in [6, 6.07) is 0.00394. The normalized spacial score (nSPS) is 12.3. The number of aliphatic carboxylic acids is 1. The van der Waals surface area contributed by atoms with Gasteiger partial charge in [-0.2, -0.15) is 0 Å². The SMILES string of the molecule is CC(C)NC(=O)CNC(=O)C(CC(=O)O)SC(C)C. The lowest BCUT2D eigenvalue weighted by Gasteiger charge is -2.17. The minimum atomic E-state index is -1.03. The summed E-state index contributed by atoms with van der Waals surface area (Å²) in [5, 5.41) is 13.3. The molecule has 0 aromatic rings. The Morgan fingerprint density at radius 1 is 1.16 bits per heavy atom. The molecule has 0 fully saturated rings. The fourth-order valence-corrected chi connectivity index (χ4v) is 2.45. The van der Waals surface area contributed by atoms with Gasteiger partial charge in [0.2, 0.25) is 11.8 Å². The molecular formula is C12H22N2O4S. The lowest BCUT2D eigenvalue weighted by Crippen LogP contribution is -2.43. The summed E-state index contributed by atoms with van der Waals surface area (Å²) >= 11 is 1.28. The van der Waals surface area contributed by atoms with Crippen molar-refractivity contribution in [2.45, 2.75) is 50.7 Å². The van der Waals surface area contributed by atoms with Gasteiger partial charge >= 0.3 is 5.97 Å². The topological polar surface area (TPSA) is 95.5 Å². The lowest BCUT2D eigenvalue weighted by molar-refractivity contribution is -0.138. The fourth-order valence-electron chi connectivity index (χ4n) is 1.34. The number of carbonyl (C=O) groups excluding carboxylic acids is 2. The van der Waals surface area contributed by atoms with Crippen molar-refractivity contribution < 1.29 is 19.5 Å². The van der Waals surface area contributed by atoms with Gasteiger partial charge in [0, 0.05) is 6.04 Å². The first-order chi connectivity index (χ1) is 8.72. The van der Waals surface area contributed by atoms with E-state index < -0.39 is 17.1 Å². The molecule has 0 aliphatic rings. The van der Waals surface area contributed by atoms with Gasteiger partial charge in [-0.3, -0.25) is 14.4 Å². The number of carboxylic acid groups (broad SMARTS) is 1. The Kier molecular flexibility index (Phi) is 8.22. The molecule has 7 heteroatoms. The van der Waals surface area contributed by atoms with Gasteiger partial charge in [-0.1, -0.05) is 13.8 Å². The number of carbonyl (C=O) groups is 3. The highest BCUT2D eigenvalue weighted by atomic mass is 32.2. The predicted molar refractivity (Wildman–Crippen MR) is 75.1 cm³/mol. The zero-order valence-electron chi connectivity index (χ0n) is 11.7. The molecule has 0 saturated carbocycles. The molecule has 0 aromatic heterocycles. The minimum absolute atomic E-state index is 0.00394. The molecule has 0 bridgehead atoms. The molecule has 19 heavy (non-hydrogen) atoms. The summed E-state index contributed by atoms with van der Waals surface area (Å²) in [6.45, 7) is 7.28. The quantitative estimate of drug-likeness (QED) is 0.609.